The molecule has 1 rings (SSSR count). The molecule has 102 valence electrons. The minimum absolute atomic E-state index is 0.333. The smallest absolute Gasteiger partial charge is 0.316 e. The molecule has 0 aliphatic rings. The monoisotopic (exact) mass is 259 g/mol. The molecule has 4 heteroatoms. The first kappa shape index (κ1) is 15.0. The highest BCUT2D eigenvalue weighted by atomic mass is 19.4. The molecule has 0 aliphatic heterocycles. The Hall–Kier alpha value is -1.03. The maximum absolute atomic E-state index is 12.5. The van der Waals surface area contributed by atoms with Gasteiger partial charge in [-0.25, -0.2) is 0 Å². The van der Waals surface area contributed by atoms with Gasteiger partial charge in [0.05, 0.1) is 5.56 Å². The lowest BCUT2D eigenvalue weighted by Crippen LogP contribution is -2.23. The zero-order valence-electron chi connectivity index (χ0n) is 10.8. The molecule has 1 atom stereocenters. The number of halogens is 3. The SMILES string of the molecule is CCCNCC(C)Cc1cccc(C(F)(F)F)c1. The summed E-state index contributed by atoms with van der Waals surface area (Å²) in [5, 5.41) is 3.28. The first-order valence-corrected chi connectivity index (χ1v) is 6.30. The van der Waals surface area contributed by atoms with Crippen LogP contribution in [0.4, 0.5) is 13.2 Å². The molecule has 0 saturated heterocycles. The van der Waals surface area contributed by atoms with Gasteiger partial charge in [0.1, 0.15) is 0 Å². The van der Waals surface area contributed by atoms with Crippen molar-refractivity contribution in [3.63, 3.8) is 0 Å². The van der Waals surface area contributed by atoms with Crippen LogP contribution in [-0.2, 0) is 12.6 Å². The lowest BCUT2D eigenvalue weighted by Gasteiger charge is -2.14. The maximum Gasteiger partial charge on any atom is 0.416 e. The number of nitrogens with one attached hydrogen (secondary N) is 1. The Morgan fingerprint density at radius 3 is 2.61 bits per heavy atom. The molecule has 0 fully saturated rings. The molecule has 0 saturated carbocycles. The third-order valence-corrected chi connectivity index (χ3v) is 2.76. The minimum Gasteiger partial charge on any atom is -0.316 e. The predicted molar refractivity (Wildman–Crippen MR) is 67.5 cm³/mol. The van der Waals surface area contributed by atoms with Crippen molar-refractivity contribution in [2.75, 3.05) is 13.1 Å². The fourth-order valence-corrected chi connectivity index (χ4v) is 1.87. The van der Waals surface area contributed by atoms with Crippen LogP contribution in [0.25, 0.3) is 0 Å². The Labute approximate surface area is 106 Å². The van der Waals surface area contributed by atoms with Crippen molar-refractivity contribution < 1.29 is 13.2 Å². The van der Waals surface area contributed by atoms with Gasteiger partial charge in [0.25, 0.3) is 0 Å². The number of benzene rings is 1. The summed E-state index contributed by atoms with van der Waals surface area (Å²) >= 11 is 0. The Morgan fingerprint density at radius 1 is 1.28 bits per heavy atom. The Morgan fingerprint density at radius 2 is 2.00 bits per heavy atom. The third kappa shape index (κ3) is 5.08. The lowest BCUT2D eigenvalue weighted by molar-refractivity contribution is -0.137. The Balaban J connectivity index is 2.57. The van der Waals surface area contributed by atoms with E-state index in [0.717, 1.165) is 31.1 Å². The fourth-order valence-electron chi connectivity index (χ4n) is 1.87. The van der Waals surface area contributed by atoms with Gasteiger partial charge < -0.3 is 5.32 Å². The molecule has 1 N–H and O–H groups in total. The van der Waals surface area contributed by atoms with E-state index in [1.807, 2.05) is 6.92 Å². The summed E-state index contributed by atoms with van der Waals surface area (Å²) in [6.45, 7) is 5.92. The van der Waals surface area contributed by atoms with Crippen molar-refractivity contribution in [1.82, 2.24) is 5.32 Å². The van der Waals surface area contributed by atoms with E-state index in [2.05, 4.69) is 12.2 Å². The van der Waals surface area contributed by atoms with Gasteiger partial charge in [-0.15, -0.1) is 0 Å². The van der Waals surface area contributed by atoms with Gasteiger partial charge in [-0.05, 0) is 43.5 Å². The van der Waals surface area contributed by atoms with E-state index < -0.39 is 11.7 Å². The van der Waals surface area contributed by atoms with Crippen molar-refractivity contribution in [1.29, 1.82) is 0 Å². The molecule has 0 amide bonds. The summed E-state index contributed by atoms with van der Waals surface area (Å²) in [7, 11) is 0. The normalized spacial score (nSPS) is 13.6. The van der Waals surface area contributed by atoms with Crippen LogP contribution in [-0.4, -0.2) is 13.1 Å². The van der Waals surface area contributed by atoms with E-state index in [-0.39, 0.29) is 0 Å². The first-order valence-electron chi connectivity index (χ1n) is 6.30. The minimum atomic E-state index is -4.25. The summed E-state index contributed by atoms with van der Waals surface area (Å²) in [5.74, 6) is 0.333. The molecule has 1 unspecified atom stereocenters. The van der Waals surface area contributed by atoms with Crippen molar-refractivity contribution in [3.8, 4) is 0 Å². The predicted octanol–water partition coefficient (Wildman–Crippen LogP) is 3.88. The van der Waals surface area contributed by atoms with Gasteiger partial charge in [0, 0.05) is 0 Å². The summed E-state index contributed by atoms with van der Waals surface area (Å²) in [4.78, 5) is 0. The molecule has 0 radical (unpaired) electrons. The summed E-state index contributed by atoms with van der Waals surface area (Å²) in [6, 6.07) is 5.59. The van der Waals surface area contributed by atoms with E-state index in [1.54, 1.807) is 6.07 Å². The largest absolute Gasteiger partial charge is 0.416 e. The van der Waals surface area contributed by atoms with Gasteiger partial charge in [-0.2, -0.15) is 13.2 Å². The third-order valence-electron chi connectivity index (χ3n) is 2.76. The lowest BCUT2D eigenvalue weighted by atomic mass is 9.99. The van der Waals surface area contributed by atoms with Crippen LogP contribution in [0, 0.1) is 5.92 Å². The van der Waals surface area contributed by atoms with E-state index in [4.69, 9.17) is 0 Å². The topological polar surface area (TPSA) is 12.0 Å². The van der Waals surface area contributed by atoms with Gasteiger partial charge in [-0.1, -0.05) is 32.0 Å². The molecule has 18 heavy (non-hydrogen) atoms. The van der Waals surface area contributed by atoms with Crippen molar-refractivity contribution in [2.45, 2.75) is 32.9 Å². The molecule has 1 aromatic rings. The number of rotatable bonds is 6. The zero-order chi connectivity index (χ0) is 13.6. The van der Waals surface area contributed by atoms with Crippen LogP contribution < -0.4 is 5.32 Å². The van der Waals surface area contributed by atoms with Crippen LogP contribution in [0.2, 0.25) is 0 Å². The summed E-state index contributed by atoms with van der Waals surface area (Å²) < 4.78 is 37.6. The van der Waals surface area contributed by atoms with Crippen LogP contribution in [0.3, 0.4) is 0 Å². The van der Waals surface area contributed by atoms with Gasteiger partial charge >= 0.3 is 6.18 Å². The zero-order valence-corrected chi connectivity index (χ0v) is 10.8. The van der Waals surface area contributed by atoms with Crippen LogP contribution in [0.15, 0.2) is 24.3 Å². The van der Waals surface area contributed by atoms with Crippen LogP contribution in [0.1, 0.15) is 31.4 Å². The molecule has 0 bridgehead atoms. The summed E-state index contributed by atoms with van der Waals surface area (Å²) in [5.41, 5.74) is 0.185. The molecular formula is C14H20F3N. The number of alkyl halides is 3. The van der Waals surface area contributed by atoms with Crippen molar-refractivity contribution in [3.05, 3.63) is 35.4 Å². The Kier molecular flexibility index (Phi) is 5.66. The first-order chi connectivity index (χ1) is 8.43. The highest BCUT2D eigenvalue weighted by Crippen LogP contribution is 2.29. The maximum atomic E-state index is 12.5. The second-order valence-corrected chi connectivity index (χ2v) is 4.71. The number of hydrogen-bond donors (Lipinski definition) is 1. The molecule has 0 spiro atoms. The average Bonchev–Trinajstić information content (AvgIpc) is 2.28. The van der Waals surface area contributed by atoms with Gasteiger partial charge in [-0.3, -0.25) is 0 Å². The average molecular weight is 259 g/mol. The number of hydrogen-bond acceptors (Lipinski definition) is 1. The molecular weight excluding hydrogens is 239 g/mol. The van der Waals surface area contributed by atoms with E-state index in [1.165, 1.54) is 12.1 Å². The van der Waals surface area contributed by atoms with Crippen molar-refractivity contribution in [2.24, 2.45) is 5.92 Å². The standard InChI is InChI=1S/C14H20F3N/c1-3-7-18-10-11(2)8-12-5-4-6-13(9-12)14(15,16)17/h4-6,9,11,18H,3,7-8,10H2,1-2H3. The van der Waals surface area contributed by atoms with Gasteiger partial charge in [0.15, 0.2) is 0 Å². The van der Waals surface area contributed by atoms with E-state index in [0.29, 0.717) is 12.3 Å². The highest BCUT2D eigenvalue weighted by molar-refractivity contribution is 5.25. The van der Waals surface area contributed by atoms with Crippen LogP contribution >= 0.6 is 0 Å². The quantitative estimate of drug-likeness (QED) is 0.764. The van der Waals surface area contributed by atoms with Crippen molar-refractivity contribution >= 4 is 0 Å². The highest BCUT2D eigenvalue weighted by Gasteiger charge is 2.30. The fraction of sp³-hybridized carbons (Fsp3) is 0.571. The van der Waals surface area contributed by atoms with Crippen LogP contribution in [0.5, 0.6) is 0 Å². The second-order valence-electron chi connectivity index (χ2n) is 4.71. The molecule has 1 nitrogen and oxygen atoms in total. The Bertz CT molecular complexity index is 360. The van der Waals surface area contributed by atoms with Gasteiger partial charge in [0.2, 0.25) is 0 Å². The van der Waals surface area contributed by atoms with E-state index in [9.17, 15) is 13.2 Å². The molecule has 0 aliphatic carbocycles. The molecule has 0 aromatic heterocycles. The van der Waals surface area contributed by atoms with E-state index >= 15 is 0 Å². The summed E-state index contributed by atoms with van der Waals surface area (Å²) in [6.07, 6.45) is -2.52. The molecule has 1 aromatic carbocycles. The second kappa shape index (κ2) is 6.78. The molecule has 0 heterocycles.